The minimum Gasteiger partial charge on any atom is -0.449 e. The number of carbonyl (C=O) groups excluding carboxylic acids is 2. The maximum absolute atomic E-state index is 12.7. The van der Waals surface area contributed by atoms with Gasteiger partial charge in [-0.1, -0.05) is 29.8 Å². The molecule has 30 heavy (non-hydrogen) atoms. The van der Waals surface area contributed by atoms with Gasteiger partial charge in [-0.2, -0.15) is 26.3 Å². The van der Waals surface area contributed by atoms with Crippen molar-refractivity contribution in [1.82, 2.24) is 9.88 Å². The standard InChI is InChI=1S/C18H13ClF6N2O3/c19-14-4-2-1-3-11(14)8-27(15(28)16(29)30-10-17(20,21)22)9-13-6-5-12(7-26-13)18(23,24)25/h1-7H,8-10H2. The number of amides is 1. The highest BCUT2D eigenvalue weighted by Crippen LogP contribution is 2.28. The lowest BCUT2D eigenvalue weighted by atomic mass is 10.2. The summed E-state index contributed by atoms with van der Waals surface area (Å²) in [5, 5.41) is 0.208. The first-order valence-corrected chi connectivity index (χ1v) is 8.53. The van der Waals surface area contributed by atoms with Crippen LogP contribution in [0.25, 0.3) is 0 Å². The largest absolute Gasteiger partial charge is 0.449 e. The SMILES string of the molecule is O=C(OCC(F)(F)F)C(=O)N(Cc1ccc(C(F)(F)F)cn1)Cc1ccccc1Cl. The van der Waals surface area contributed by atoms with Gasteiger partial charge in [-0.05, 0) is 23.8 Å². The van der Waals surface area contributed by atoms with Gasteiger partial charge in [0.25, 0.3) is 0 Å². The van der Waals surface area contributed by atoms with Gasteiger partial charge in [0, 0.05) is 17.8 Å². The molecule has 0 aliphatic rings. The van der Waals surface area contributed by atoms with Crippen molar-refractivity contribution in [3.63, 3.8) is 0 Å². The zero-order valence-corrected chi connectivity index (χ0v) is 15.7. The van der Waals surface area contributed by atoms with Gasteiger partial charge < -0.3 is 9.64 Å². The highest BCUT2D eigenvalue weighted by Gasteiger charge is 2.33. The number of ether oxygens (including phenoxy) is 1. The third-order valence-corrected chi connectivity index (χ3v) is 4.02. The molecule has 1 amide bonds. The molecule has 0 unspecified atom stereocenters. The second-order valence-corrected chi connectivity index (χ2v) is 6.39. The predicted octanol–water partition coefficient (Wildman–Crippen LogP) is 4.39. The first-order valence-electron chi connectivity index (χ1n) is 8.15. The highest BCUT2D eigenvalue weighted by molar-refractivity contribution is 6.32. The molecule has 162 valence electrons. The monoisotopic (exact) mass is 454 g/mol. The fourth-order valence-corrected chi connectivity index (χ4v) is 2.45. The molecule has 0 spiro atoms. The lowest BCUT2D eigenvalue weighted by Crippen LogP contribution is -2.38. The molecule has 12 heteroatoms. The number of rotatable bonds is 5. The summed E-state index contributed by atoms with van der Waals surface area (Å²) in [5.41, 5.74) is -0.713. The Hall–Kier alpha value is -2.82. The molecular formula is C18H13ClF6N2O3. The number of hydrogen-bond acceptors (Lipinski definition) is 4. The Morgan fingerprint density at radius 3 is 2.20 bits per heavy atom. The van der Waals surface area contributed by atoms with Crippen LogP contribution in [-0.4, -0.2) is 34.5 Å². The van der Waals surface area contributed by atoms with Crippen molar-refractivity contribution in [2.45, 2.75) is 25.4 Å². The molecule has 1 heterocycles. The van der Waals surface area contributed by atoms with Crippen LogP contribution in [0.15, 0.2) is 42.6 Å². The number of aromatic nitrogens is 1. The van der Waals surface area contributed by atoms with Crippen LogP contribution in [0.4, 0.5) is 26.3 Å². The zero-order valence-electron chi connectivity index (χ0n) is 14.9. The number of hydrogen-bond donors (Lipinski definition) is 0. The third kappa shape index (κ3) is 6.90. The zero-order chi connectivity index (χ0) is 22.5. The highest BCUT2D eigenvalue weighted by atomic mass is 35.5. The van der Waals surface area contributed by atoms with Gasteiger partial charge in [-0.25, -0.2) is 4.79 Å². The summed E-state index contributed by atoms with van der Waals surface area (Å²) in [6.45, 7) is -2.75. The van der Waals surface area contributed by atoms with E-state index in [0.29, 0.717) is 11.8 Å². The Balaban J connectivity index is 2.23. The first-order chi connectivity index (χ1) is 13.9. The van der Waals surface area contributed by atoms with E-state index in [1.807, 2.05) is 0 Å². The minimum absolute atomic E-state index is 0.0352. The van der Waals surface area contributed by atoms with Gasteiger partial charge in [-0.3, -0.25) is 9.78 Å². The van der Waals surface area contributed by atoms with E-state index in [9.17, 15) is 35.9 Å². The molecule has 0 saturated heterocycles. The van der Waals surface area contributed by atoms with E-state index in [1.54, 1.807) is 12.1 Å². The first kappa shape index (κ1) is 23.5. The van der Waals surface area contributed by atoms with Gasteiger partial charge in [0.05, 0.1) is 17.8 Å². The molecule has 0 radical (unpaired) electrons. The van der Waals surface area contributed by atoms with Crippen molar-refractivity contribution in [1.29, 1.82) is 0 Å². The van der Waals surface area contributed by atoms with E-state index in [-0.39, 0.29) is 17.3 Å². The summed E-state index contributed by atoms with van der Waals surface area (Å²) in [5.74, 6) is -3.20. The molecular weight excluding hydrogens is 442 g/mol. The van der Waals surface area contributed by atoms with E-state index in [4.69, 9.17) is 11.6 Å². The topological polar surface area (TPSA) is 59.5 Å². The number of halogens is 7. The van der Waals surface area contributed by atoms with Crippen LogP contribution < -0.4 is 0 Å². The number of nitrogens with zero attached hydrogens (tertiary/aromatic N) is 2. The van der Waals surface area contributed by atoms with E-state index in [2.05, 4.69) is 9.72 Å². The number of pyridine rings is 1. The van der Waals surface area contributed by atoms with Gasteiger partial charge in [0.2, 0.25) is 0 Å². The maximum Gasteiger partial charge on any atom is 0.422 e. The van der Waals surface area contributed by atoms with Crippen LogP contribution in [0.5, 0.6) is 0 Å². The fraction of sp³-hybridized carbons (Fsp3) is 0.278. The summed E-state index contributed by atoms with van der Waals surface area (Å²) in [4.78, 5) is 28.5. The second-order valence-electron chi connectivity index (χ2n) is 5.98. The summed E-state index contributed by atoms with van der Waals surface area (Å²) in [7, 11) is 0. The van der Waals surface area contributed by atoms with Crippen LogP contribution in [0.3, 0.4) is 0 Å². The van der Waals surface area contributed by atoms with Crippen LogP contribution >= 0.6 is 11.6 Å². The van der Waals surface area contributed by atoms with Gasteiger partial charge in [-0.15, -0.1) is 0 Å². The summed E-state index contributed by atoms with van der Waals surface area (Å²) in [6, 6.07) is 7.86. The molecule has 5 nitrogen and oxygen atoms in total. The Bertz CT molecular complexity index is 900. The van der Waals surface area contributed by atoms with Crippen LogP contribution in [0.1, 0.15) is 16.8 Å². The lowest BCUT2D eigenvalue weighted by Gasteiger charge is -2.22. The maximum atomic E-state index is 12.7. The van der Waals surface area contributed by atoms with Crippen molar-refractivity contribution in [3.8, 4) is 0 Å². The van der Waals surface area contributed by atoms with Crippen molar-refractivity contribution >= 4 is 23.5 Å². The van der Waals surface area contributed by atoms with E-state index < -0.39 is 42.9 Å². The average molecular weight is 455 g/mol. The van der Waals surface area contributed by atoms with Crippen molar-refractivity contribution in [3.05, 3.63) is 64.4 Å². The molecule has 1 aromatic carbocycles. The molecule has 0 fully saturated rings. The Labute approximate surface area is 171 Å². The molecule has 0 N–H and O–H groups in total. The third-order valence-electron chi connectivity index (χ3n) is 3.65. The number of esters is 1. The van der Waals surface area contributed by atoms with Crippen LogP contribution in [0, 0.1) is 0 Å². The van der Waals surface area contributed by atoms with Crippen LogP contribution in [-0.2, 0) is 33.6 Å². The Morgan fingerprint density at radius 1 is 1.00 bits per heavy atom. The van der Waals surface area contributed by atoms with E-state index in [1.165, 1.54) is 12.1 Å². The predicted molar refractivity (Wildman–Crippen MR) is 92.0 cm³/mol. The molecule has 0 aliphatic heterocycles. The summed E-state index contributed by atoms with van der Waals surface area (Å²) in [6.07, 6.45) is -8.92. The van der Waals surface area contributed by atoms with Gasteiger partial charge >= 0.3 is 24.2 Å². The van der Waals surface area contributed by atoms with Crippen molar-refractivity contribution < 1.29 is 40.7 Å². The summed E-state index contributed by atoms with van der Waals surface area (Å²) >= 11 is 6.00. The molecule has 0 aliphatic carbocycles. The number of benzene rings is 1. The molecule has 1 aromatic heterocycles. The molecule has 0 saturated carbocycles. The smallest absolute Gasteiger partial charge is 0.422 e. The second kappa shape index (κ2) is 9.33. The van der Waals surface area contributed by atoms with E-state index >= 15 is 0 Å². The molecule has 0 bridgehead atoms. The minimum atomic E-state index is -4.83. The van der Waals surface area contributed by atoms with Crippen molar-refractivity contribution in [2.75, 3.05) is 6.61 Å². The molecule has 0 atom stereocenters. The van der Waals surface area contributed by atoms with Crippen LogP contribution in [0.2, 0.25) is 5.02 Å². The summed E-state index contributed by atoms with van der Waals surface area (Å²) < 4.78 is 78.7. The fourth-order valence-electron chi connectivity index (χ4n) is 2.25. The quantitative estimate of drug-likeness (QED) is 0.382. The lowest BCUT2D eigenvalue weighted by molar-refractivity contribution is -0.189. The average Bonchev–Trinajstić information content (AvgIpc) is 2.65. The van der Waals surface area contributed by atoms with Crippen molar-refractivity contribution in [2.24, 2.45) is 0 Å². The number of carbonyl (C=O) groups is 2. The Morgan fingerprint density at radius 2 is 1.67 bits per heavy atom. The van der Waals surface area contributed by atoms with E-state index in [0.717, 1.165) is 17.0 Å². The van der Waals surface area contributed by atoms with Gasteiger partial charge in [0.1, 0.15) is 0 Å². The normalized spacial score (nSPS) is 11.8. The molecule has 2 rings (SSSR count). The Kier molecular flexibility index (Phi) is 7.30. The van der Waals surface area contributed by atoms with Gasteiger partial charge in [0.15, 0.2) is 6.61 Å². The number of alkyl halides is 6. The molecule has 2 aromatic rings.